The highest BCUT2D eigenvalue weighted by Gasteiger charge is 2.27. The Morgan fingerprint density at radius 2 is 2.14 bits per heavy atom. The average Bonchev–Trinajstić information content (AvgIpc) is 2.54. The highest BCUT2D eigenvalue weighted by Crippen LogP contribution is 2.32. The third-order valence-corrected chi connectivity index (χ3v) is 6.00. The Morgan fingerprint density at radius 3 is 2.86 bits per heavy atom. The van der Waals surface area contributed by atoms with Crippen LogP contribution in [0, 0.1) is 0 Å². The van der Waals surface area contributed by atoms with Gasteiger partial charge in [-0.2, -0.15) is 0 Å². The lowest BCUT2D eigenvalue weighted by Crippen LogP contribution is -2.26. The van der Waals surface area contributed by atoms with Crippen molar-refractivity contribution in [3.63, 3.8) is 0 Å². The third-order valence-electron chi connectivity index (χ3n) is 3.94. The minimum atomic E-state index is -3.40. The molecule has 1 N–H and O–H groups in total. The summed E-state index contributed by atoms with van der Waals surface area (Å²) in [7, 11) is -3.40. The summed E-state index contributed by atoms with van der Waals surface area (Å²) >= 11 is 0. The van der Waals surface area contributed by atoms with Crippen LogP contribution >= 0.6 is 0 Å². The summed E-state index contributed by atoms with van der Waals surface area (Å²) in [5.41, 5.74) is 0.998. The van der Waals surface area contributed by atoms with Crippen LogP contribution < -0.4 is 4.74 Å². The molecule has 21 heavy (non-hydrogen) atoms. The molecule has 0 radical (unpaired) electrons. The Hall–Kier alpha value is -1.59. The number of ether oxygens (including phenoxy) is 1. The number of sulfone groups is 1. The smallest absolute Gasteiger partial charge is 0.185 e. The number of hydrogen-bond acceptors (Lipinski definition) is 4. The molecular formula is C16H18O4S. The Bertz CT molecular complexity index is 688. The van der Waals surface area contributed by atoms with Gasteiger partial charge in [0.25, 0.3) is 0 Å². The molecule has 3 rings (SSSR count). The largest absolute Gasteiger partial charge is 0.488 e. The summed E-state index contributed by atoms with van der Waals surface area (Å²) in [6.45, 7) is -0.0490. The Kier molecular flexibility index (Phi) is 3.87. The molecule has 0 bridgehead atoms. The zero-order valence-corrected chi connectivity index (χ0v) is 12.4. The number of hydrogen-bond donors (Lipinski definition) is 1. The SMILES string of the molecule is O=S(=O)(c1ccc2c(c1)O[C@H](CO)CC2)C1C=CC=CC1. The Balaban J connectivity index is 1.93. The molecule has 0 saturated carbocycles. The molecule has 0 aromatic heterocycles. The van der Waals surface area contributed by atoms with Gasteiger partial charge in [0, 0.05) is 0 Å². The molecule has 2 atom stereocenters. The van der Waals surface area contributed by atoms with Crippen LogP contribution in [0.1, 0.15) is 18.4 Å². The van der Waals surface area contributed by atoms with Gasteiger partial charge in [0.05, 0.1) is 16.8 Å². The van der Waals surface area contributed by atoms with Crippen LogP contribution in [0.15, 0.2) is 47.4 Å². The second-order valence-electron chi connectivity index (χ2n) is 5.36. The quantitative estimate of drug-likeness (QED) is 0.928. The number of aliphatic hydroxyl groups excluding tert-OH is 1. The van der Waals surface area contributed by atoms with Crippen molar-refractivity contribution in [2.45, 2.75) is 35.5 Å². The summed E-state index contributed by atoms with van der Waals surface area (Å²) in [6, 6.07) is 5.07. The van der Waals surface area contributed by atoms with Crippen LogP contribution in [0.4, 0.5) is 0 Å². The van der Waals surface area contributed by atoms with E-state index >= 15 is 0 Å². The van der Waals surface area contributed by atoms with Crippen molar-refractivity contribution in [1.29, 1.82) is 0 Å². The first-order chi connectivity index (χ1) is 10.1. The fourth-order valence-electron chi connectivity index (χ4n) is 2.67. The van der Waals surface area contributed by atoms with E-state index in [9.17, 15) is 13.5 Å². The normalized spacial score (nSPS) is 24.4. The predicted octanol–water partition coefficient (Wildman–Crippen LogP) is 2.03. The second kappa shape index (κ2) is 5.66. The summed E-state index contributed by atoms with van der Waals surface area (Å²) < 4.78 is 30.9. The maximum atomic E-state index is 12.6. The van der Waals surface area contributed by atoms with Gasteiger partial charge in [0.2, 0.25) is 0 Å². The van der Waals surface area contributed by atoms with Crippen molar-refractivity contribution >= 4 is 9.84 Å². The molecule has 5 heteroatoms. The molecule has 1 heterocycles. The molecule has 1 aromatic rings. The molecule has 1 aliphatic heterocycles. The van der Waals surface area contributed by atoms with Crippen LogP contribution in [0.25, 0.3) is 0 Å². The molecular weight excluding hydrogens is 288 g/mol. The monoisotopic (exact) mass is 306 g/mol. The molecule has 2 aliphatic rings. The Labute approximate surface area is 124 Å². The first-order valence-corrected chi connectivity index (χ1v) is 8.63. The van der Waals surface area contributed by atoms with Crippen LogP contribution in [-0.4, -0.2) is 31.5 Å². The zero-order valence-electron chi connectivity index (χ0n) is 11.6. The first-order valence-electron chi connectivity index (χ1n) is 7.09. The van der Waals surface area contributed by atoms with Crippen molar-refractivity contribution in [3.8, 4) is 5.75 Å². The van der Waals surface area contributed by atoms with Crippen LogP contribution in [-0.2, 0) is 16.3 Å². The van der Waals surface area contributed by atoms with E-state index in [0.29, 0.717) is 12.2 Å². The van der Waals surface area contributed by atoms with Crippen molar-refractivity contribution in [3.05, 3.63) is 48.1 Å². The molecule has 0 amide bonds. The maximum absolute atomic E-state index is 12.6. The molecule has 4 nitrogen and oxygen atoms in total. The number of aryl methyl sites for hydroxylation is 1. The summed E-state index contributed by atoms with van der Waals surface area (Å²) in [5, 5.41) is 8.67. The number of rotatable bonds is 3. The second-order valence-corrected chi connectivity index (χ2v) is 7.53. The van der Waals surface area contributed by atoms with Gasteiger partial charge in [-0.05, 0) is 37.0 Å². The van der Waals surface area contributed by atoms with Crippen molar-refractivity contribution < 1.29 is 18.3 Å². The lowest BCUT2D eigenvalue weighted by Gasteiger charge is -2.25. The van der Waals surface area contributed by atoms with E-state index in [-0.39, 0.29) is 17.6 Å². The minimum Gasteiger partial charge on any atom is -0.488 e. The van der Waals surface area contributed by atoms with E-state index in [1.807, 2.05) is 18.2 Å². The van der Waals surface area contributed by atoms with E-state index in [1.165, 1.54) is 0 Å². The van der Waals surface area contributed by atoms with Crippen LogP contribution in [0.5, 0.6) is 5.75 Å². The summed E-state index contributed by atoms with van der Waals surface area (Å²) in [6.07, 6.45) is 9.00. The number of aliphatic hydroxyl groups is 1. The third kappa shape index (κ3) is 2.76. The lowest BCUT2D eigenvalue weighted by molar-refractivity contribution is 0.0975. The average molecular weight is 306 g/mol. The van der Waals surface area contributed by atoms with E-state index < -0.39 is 15.1 Å². The van der Waals surface area contributed by atoms with Crippen LogP contribution in [0.3, 0.4) is 0 Å². The maximum Gasteiger partial charge on any atom is 0.185 e. The number of fused-ring (bicyclic) bond motifs is 1. The lowest BCUT2D eigenvalue weighted by atomic mass is 10.0. The van der Waals surface area contributed by atoms with Gasteiger partial charge in [0.15, 0.2) is 9.84 Å². The van der Waals surface area contributed by atoms with E-state index in [4.69, 9.17) is 4.74 Å². The summed E-state index contributed by atoms with van der Waals surface area (Å²) in [5.74, 6) is 0.580. The van der Waals surface area contributed by atoms with Gasteiger partial charge in [-0.15, -0.1) is 0 Å². The molecule has 0 spiro atoms. The van der Waals surface area contributed by atoms with E-state index in [2.05, 4.69) is 0 Å². The standard InChI is InChI=1S/C16H18O4S/c17-11-13-8-6-12-7-9-15(10-16(12)20-13)21(18,19)14-4-2-1-3-5-14/h1-4,7,9-10,13-14,17H,5-6,8,11H2/t13-,14?/m0/s1. The fourth-order valence-corrected chi connectivity index (χ4v) is 4.22. The van der Waals surface area contributed by atoms with Crippen LogP contribution in [0.2, 0.25) is 0 Å². The molecule has 1 aromatic carbocycles. The molecule has 0 saturated heterocycles. The molecule has 0 fully saturated rings. The van der Waals surface area contributed by atoms with E-state index in [0.717, 1.165) is 18.4 Å². The topological polar surface area (TPSA) is 63.6 Å². The minimum absolute atomic E-state index is 0.0490. The zero-order chi connectivity index (χ0) is 14.9. The molecule has 1 aliphatic carbocycles. The fraction of sp³-hybridized carbons (Fsp3) is 0.375. The van der Waals surface area contributed by atoms with Gasteiger partial charge < -0.3 is 9.84 Å². The van der Waals surface area contributed by atoms with Gasteiger partial charge in [-0.1, -0.05) is 30.4 Å². The highest BCUT2D eigenvalue weighted by molar-refractivity contribution is 7.92. The number of allylic oxidation sites excluding steroid dienone is 3. The van der Waals surface area contributed by atoms with Gasteiger partial charge in [-0.25, -0.2) is 8.42 Å². The summed E-state index contributed by atoms with van der Waals surface area (Å²) in [4.78, 5) is 0.282. The highest BCUT2D eigenvalue weighted by atomic mass is 32.2. The first kappa shape index (κ1) is 14.4. The molecule has 1 unspecified atom stereocenters. The molecule has 112 valence electrons. The van der Waals surface area contributed by atoms with Gasteiger partial charge in [-0.3, -0.25) is 0 Å². The van der Waals surface area contributed by atoms with Crippen molar-refractivity contribution in [2.24, 2.45) is 0 Å². The predicted molar refractivity (Wildman–Crippen MR) is 80.1 cm³/mol. The Morgan fingerprint density at radius 1 is 1.29 bits per heavy atom. The van der Waals surface area contributed by atoms with E-state index in [1.54, 1.807) is 24.3 Å². The van der Waals surface area contributed by atoms with Crippen molar-refractivity contribution in [1.82, 2.24) is 0 Å². The van der Waals surface area contributed by atoms with Gasteiger partial charge >= 0.3 is 0 Å². The van der Waals surface area contributed by atoms with Gasteiger partial charge in [0.1, 0.15) is 11.9 Å². The number of benzene rings is 1. The van der Waals surface area contributed by atoms with Crippen molar-refractivity contribution in [2.75, 3.05) is 6.61 Å².